The quantitative estimate of drug-likeness (QED) is 0.629. The van der Waals surface area contributed by atoms with Gasteiger partial charge in [-0.1, -0.05) is 6.92 Å². The fraction of sp³-hybridized carbons (Fsp3) is 0.643. The smallest absolute Gasteiger partial charge is 0.224 e. The summed E-state index contributed by atoms with van der Waals surface area (Å²) >= 11 is 5.97. The van der Waals surface area contributed by atoms with Gasteiger partial charge in [0.15, 0.2) is 5.82 Å². The molecule has 1 aliphatic heterocycles. The average molecular weight is 295 g/mol. The highest BCUT2D eigenvalue weighted by Crippen LogP contribution is 2.40. The number of hydrogen-bond donors (Lipinski definition) is 0. The number of aromatic nitrogens is 2. The topological polar surface area (TPSA) is 49.3 Å². The van der Waals surface area contributed by atoms with Gasteiger partial charge in [-0.25, -0.2) is 4.98 Å². The number of hydrogen-bond acceptors (Lipinski definition) is 5. The van der Waals surface area contributed by atoms with Crippen LogP contribution in [0.3, 0.4) is 0 Å². The van der Waals surface area contributed by atoms with E-state index < -0.39 is 0 Å². The van der Waals surface area contributed by atoms with Crippen LogP contribution in [0, 0.1) is 5.92 Å². The molecule has 0 saturated heterocycles. The molecule has 0 bridgehead atoms. The Labute approximate surface area is 123 Å². The lowest BCUT2D eigenvalue weighted by molar-refractivity contribution is -0.109. The molecule has 3 rings (SSSR count). The van der Waals surface area contributed by atoms with Gasteiger partial charge in [0, 0.05) is 13.6 Å². The van der Waals surface area contributed by atoms with Gasteiger partial charge in [0.2, 0.25) is 5.28 Å². The first-order valence-electron chi connectivity index (χ1n) is 7.13. The van der Waals surface area contributed by atoms with Crippen LogP contribution >= 0.6 is 11.6 Å². The van der Waals surface area contributed by atoms with E-state index in [1.807, 2.05) is 11.9 Å². The van der Waals surface area contributed by atoms with Crippen molar-refractivity contribution in [1.29, 1.82) is 0 Å². The number of fused-ring (bicyclic) bond motifs is 1. The van der Waals surface area contributed by atoms with E-state index in [4.69, 9.17) is 11.6 Å². The van der Waals surface area contributed by atoms with Crippen molar-refractivity contribution in [3.05, 3.63) is 11.5 Å². The normalized spacial score (nSPS) is 25.6. The van der Waals surface area contributed by atoms with E-state index in [0.717, 1.165) is 36.7 Å². The number of carbonyl (C=O) groups is 1. The van der Waals surface area contributed by atoms with Gasteiger partial charge in [-0.05, 0) is 36.8 Å². The molecule has 0 aromatic carbocycles. The van der Waals surface area contributed by atoms with Crippen molar-refractivity contribution in [2.45, 2.75) is 38.3 Å². The molecule has 20 heavy (non-hydrogen) atoms. The number of nitrogens with zero attached hydrogens (tertiary/aromatic N) is 4. The van der Waals surface area contributed by atoms with Crippen molar-refractivity contribution in [3.8, 4) is 0 Å². The molecule has 1 aliphatic carbocycles. The van der Waals surface area contributed by atoms with Crippen LogP contribution in [0.5, 0.6) is 0 Å². The maximum atomic E-state index is 11.5. The molecule has 2 atom stereocenters. The lowest BCUT2D eigenvalue weighted by Crippen LogP contribution is -2.56. The highest BCUT2D eigenvalue weighted by atomic mass is 35.5. The number of likely N-dealkylation sites (N-methyl/N-ethyl adjacent to an activating group) is 1. The maximum absolute atomic E-state index is 11.5. The highest BCUT2D eigenvalue weighted by Gasteiger charge is 2.40. The second kappa shape index (κ2) is 5.20. The molecule has 6 heteroatoms. The molecular weight excluding hydrogens is 276 g/mol. The Bertz CT molecular complexity index is 520. The van der Waals surface area contributed by atoms with Crippen LogP contribution in [0.2, 0.25) is 5.28 Å². The van der Waals surface area contributed by atoms with Gasteiger partial charge >= 0.3 is 0 Å². The number of anilines is 2. The fourth-order valence-corrected chi connectivity index (χ4v) is 3.14. The van der Waals surface area contributed by atoms with Gasteiger partial charge in [-0.3, -0.25) is 0 Å². The van der Waals surface area contributed by atoms with E-state index in [9.17, 15) is 4.79 Å². The minimum Gasteiger partial charge on any atom is -0.359 e. The Hall–Kier alpha value is -1.36. The van der Waals surface area contributed by atoms with Gasteiger partial charge < -0.3 is 14.6 Å². The number of halogens is 1. The summed E-state index contributed by atoms with van der Waals surface area (Å²) in [6.45, 7) is 3.07. The van der Waals surface area contributed by atoms with Crippen LogP contribution < -0.4 is 9.80 Å². The molecule has 108 valence electrons. The monoisotopic (exact) mass is 294 g/mol. The molecule has 2 aliphatic rings. The molecule has 0 N–H and O–H groups in total. The summed E-state index contributed by atoms with van der Waals surface area (Å²) < 4.78 is 0. The molecular formula is C14H19ClN4O. The minimum atomic E-state index is -0.156. The van der Waals surface area contributed by atoms with Crippen LogP contribution in [-0.4, -0.2) is 41.9 Å². The molecule has 0 amide bonds. The van der Waals surface area contributed by atoms with Gasteiger partial charge in [-0.15, -0.1) is 0 Å². The van der Waals surface area contributed by atoms with Crippen molar-refractivity contribution in [2.75, 3.05) is 23.4 Å². The van der Waals surface area contributed by atoms with Crippen LogP contribution in [0.25, 0.3) is 0 Å². The molecule has 1 aromatic rings. The zero-order chi connectivity index (χ0) is 14.3. The van der Waals surface area contributed by atoms with E-state index in [0.29, 0.717) is 0 Å². The van der Waals surface area contributed by atoms with Crippen molar-refractivity contribution in [2.24, 2.45) is 5.92 Å². The third kappa shape index (κ3) is 2.24. The van der Waals surface area contributed by atoms with E-state index in [-0.39, 0.29) is 17.4 Å². The Morgan fingerprint density at radius 1 is 1.50 bits per heavy atom. The molecule has 0 spiro atoms. The zero-order valence-corrected chi connectivity index (χ0v) is 12.5. The van der Waals surface area contributed by atoms with E-state index >= 15 is 0 Å². The van der Waals surface area contributed by atoms with Gasteiger partial charge in [0.25, 0.3) is 0 Å². The van der Waals surface area contributed by atoms with Crippen molar-refractivity contribution < 1.29 is 4.79 Å². The standard InChI is InChI=1S/C14H19ClN4O/c1-3-10-12(8-20)18(2)11-6-16-14(15)17-13(11)19(10)7-9-4-5-9/h6,8-10,12H,3-5,7H2,1-2H3. The summed E-state index contributed by atoms with van der Waals surface area (Å²) in [4.78, 5) is 24.2. The molecule has 0 radical (unpaired) electrons. The number of aldehydes is 1. The number of carbonyl (C=O) groups excluding carboxylic acids is 1. The summed E-state index contributed by atoms with van der Waals surface area (Å²) in [5, 5.41) is 0.261. The fourth-order valence-electron chi connectivity index (χ4n) is 3.01. The second-order valence-corrected chi connectivity index (χ2v) is 5.99. The average Bonchev–Trinajstić information content (AvgIpc) is 3.25. The SMILES string of the molecule is CCC1C(C=O)N(C)c2cnc(Cl)nc2N1CC1CC1. The first-order valence-corrected chi connectivity index (χ1v) is 7.50. The summed E-state index contributed by atoms with van der Waals surface area (Å²) in [5.41, 5.74) is 0.886. The third-order valence-electron chi connectivity index (χ3n) is 4.32. The van der Waals surface area contributed by atoms with Crippen LogP contribution in [0.4, 0.5) is 11.5 Å². The Morgan fingerprint density at radius 3 is 2.85 bits per heavy atom. The van der Waals surface area contributed by atoms with E-state index in [1.54, 1.807) is 6.20 Å². The predicted molar refractivity (Wildman–Crippen MR) is 79.4 cm³/mol. The van der Waals surface area contributed by atoms with Crippen LogP contribution in [-0.2, 0) is 4.79 Å². The lowest BCUT2D eigenvalue weighted by Gasteiger charge is -2.45. The third-order valence-corrected chi connectivity index (χ3v) is 4.51. The van der Waals surface area contributed by atoms with Gasteiger partial charge in [0.05, 0.1) is 17.9 Å². The molecule has 5 nitrogen and oxygen atoms in total. The lowest BCUT2D eigenvalue weighted by atomic mass is 9.99. The Kier molecular flexibility index (Phi) is 3.54. The van der Waals surface area contributed by atoms with Crippen molar-refractivity contribution >= 4 is 29.4 Å². The van der Waals surface area contributed by atoms with Gasteiger partial charge in [-0.2, -0.15) is 4.98 Å². The van der Waals surface area contributed by atoms with E-state index in [2.05, 4.69) is 21.8 Å². The van der Waals surface area contributed by atoms with Gasteiger partial charge in [0.1, 0.15) is 12.3 Å². The molecule has 1 fully saturated rings. The number of rotatable bonds is 4. The van der Waals surface area contributed by atoms with Crippen molar-refractivity contribution in [3.63, 3.8) is 0 Å². The van der Waals surface area contributed by atoms with E-state index in [1.165, 1.54) is 12.8 Å². The minimum absolute atomic E-state index is 0.150. The highest BCUT2D eigenvalue weighted by molar-refractivity contribution is 6.28. The van der Waals surface area contributed by atoms with Crippen LogP contribution in [0.15, 0.2) is 6.20 Å². The summed E-state index contributed by atoms with van der Waals surface area (Å²) in [6, 6.07) is -0.00686. The maximum Gasteiger partial charge on any atom is 0.224 e. The predicted octanol–water partition coefficient (Wildman–Crippen LogP) is 2.14. The zero-order valence-electron chi connectivity index (χ0n) is 11.8. The Morgan fingerprint density at radius 2 is 2.25 bits per heavy atom. The van der Waals surface area contributed by atoms with Crippen LogP contribution in [0.1, 0.15) is 26.2 Å². The summed E-state index contributed by atoms with van der Waals surface area (Å²) in [6.07, 6.45) is 6.19. The first-order chi connectivity index (χ1) is 9.65. The summed E-state index contributed by atoms with van der Waals surface area (Å²) in [5.74, 6) is 1.59. The first kappa shape index (κ1) is 13.6. The van der Waals surface area contributed by atoms with Crippen molar-refractivity contribution in [1.82, 2.24) is 9.97 Å². The summed E-state index contributed by atoms with van der Waals surface area (Å²) in [7, 11) is 1.92. The molecule has 2 heterocycles. The molecule has 1 aromatic heterocycles. The largest absolute Gasteiger partial charge is 0.359 e. The molecule has 2 unspecified atom stereocenters. The molecule has 1 saturated carbocycles. The second-order valence-electron chi connectivity index (χ2n) is 5.66. The Balaban J connectivity index is 2.05.